The van der Waals surface area contributed by atoms with Crippen molar-refractivity contribution in [3.05, 3.63) is 94.0 Å². The summed E-state index contributed by atoms with van der Waals surface area (Å²) in [5.41, 5.74) is 4.43. The fourth-order valence-electron chi connectivity index (χ4n) is 3.85. The van der Waals surface area contributed by atoms with Crippen molar-refractivity contribution < 1.29 is 9.47 Å². The summed E-state index contributed by atoms with van der Waals surface area (Å²) >= 11 is 3.60. The normalized spacial score (nSPS) is 20.1. The SMILES string of the molecule is COc1ccc(C2=NN3C(C2)c2cc(Br)ccc2OC3c2ccccc2)cc1. The van der Waals surface area contributed by atoms with Gasteiger partial charge in [-0.15, -0.1) is 0 Å². The minimum Gasteiger partial charge on any atom is -0.497 e. The number of hydrogen-bond donors (Lipinski definition) is 0. The van der Waals surface area contributed by atoms with Crippen LogP contribution in [0.1, 0.15) is 35.4 Å². The largest absolute Gasteiger partial charge is 0.497 e. The first-order chi connectivity index (χ1) is 13.7. The van der Waals surface area contributed by atoms with Gasteiger partial charge in [0, 0.05) is 22.0 Å². The average molecular weight is 435 g/mol. The van der Waals surface area contributed by atoms with Crippen molar-refractivity contribution in [1.29, 1.82) is 0 Å². The molecule has 0 bridgehead atoms. The van der Waals surface area contributed by atoms with Crippen molar-refractivity contribution in [3.63, 3.8) is 0 Å². The quantitative estimate of drug-likeness (QED) is 0.529. The second-order valence-electron chi connectivity index (χ2n) is 6.94. The average Bonchev–Trinajstić information content (AvgIpc) is 3.20. The fraction of sp³-hybridized carbons (Fsp3) is 0.174. The lowest BCUT2D eigenvalue weighted by atomic mass is 9.96. The van der Waals surface area contributed by atoms with Crippen LogP contribution >= 0.6 is 15.9 Å². The van der Waals surface area contributed by atoms with Gasteiger partial charge in [-0.1, -0.05) is 46.3 Å². The van der Waals surface area contributed by atoms with Crippen LogP contribution in [0.2, 0.25) is 0 Å². The molecule has 0 amide bonds. The van der Waals surface area contributed by atoms with Crippen molar-refractivity contribution in [3.8, 4) is 11.5 Å². The molecule has 2 atom stereocenters. The lowest BCUT2D eigenvalue weighted by molar-refractivity contribution is -0.0190. The van der Waals surface area contributed by atoms with E-state index in [1.54, 1.807) is 7.11 Å². The van der Waals surface area contributed by atoms with Crippen LogP contribution < -0.4 is 9.47 Å². The molecule has 2 heterocycles. The van der Waals surface area contributed by atoms with E-state index in [9.17, 15) is 0 Å². The van der Waals surface area contributed by atoms with E-state index in [-0.39, 0.29) is 12.3 Å². The van der Waals surface area contributed by atoms with Gasteiger partial charge in [0.25, 0.3) is 0 Å². The second-order valence-corrected chi connectivity index (χ2v) is 7.85. The van der Waals surface area contributed by atoms with Crippen LogP contribution in [-0.4, -0.2) is 17.8 Å². The summed E-state index contributed by atoms with van der Waals surface area (Å²) in [6.07, 6.45) is 0.596. The van der Waals surface area contributed by atoms with Crippen LogP contribution in [0.5, 0.6) is 11.5 Å². The van der Waals surface area contributed by atoms with E-state index in [2.05, 4.69) is 51.3 Å². The van der Waals surface area contributed by atoms with E-state index in [0.717, 1.165) is 44.8 Å². The van der Waals surface area contributed by atoms with E-state index < -0.39 is 0 Å². The number of hydrazone groups is 1. The zero-order valence-corrected chi connectivity index (χ0v) is 17.0. The number of nitrogens with zero attached hydrogens (tertiary/aromatic N) is 2. The van der Waals surface area contributed by atoms with Crippen LogP contribution in [0.4, 0.5) is 0 Å². The number of hydrogen-bond acceptors (Lipinski definition) is 4. The molecular weight excluding hydrogens is 416 g/mol. The third-order valence-electron chi connectivity index (χ3n) is 5.26. The highest BCUT2D eigenvalue weighted by Crippen LogP contribution is 2.48. The lowest BCUT2D eigenvalue weighted by Gasteiger charge is -2.38. The molecule has 0 saturated carbocycles. The zero-order chi connectivity index (χ0) is 19.1. The number of fused-ring (bicyclic) bond motifs is 3. The molecule has 2 aliphatic heterocycles. The van der Waals surface area contributed by atoms with Gasteiger partial charge >= 0.3 is 0 Å². The van der Waals surface area contributed by atoms with Crippen molar-refractivity contribution in [2.45, 2.75) is 18.7 Å². The monoisotopic (exact) mass is 434 g/mol. The summed E-state index contributed by atoms with van der Waals surface area (Å²) in [4.78, 5) is 0. The molecule has 3 aromatic carbocycles. The molecule has 140 valence electrons. The molecule has 0 fully saturated rings. The number of methoxy groups -OCH3 is 1. The van der Waals surface area contributed by atoms with Crippen molar-refractivity contribution in [1.82, 2.24) is 5.01 Å². The summed E-state index contributed by atoms with van der Waals surface area (Å²) in [5, 5.41) is 7.09. The van der Waals surface area contributed by atoms with Gasteiger partial charge in [0.1, 0.15) is 11.5 Å². The van der Waals surface area contributed by atoms with Crippen molar-refractivity contribution in [2.75, 3.05) is 7.11 Å². The highest BCUT2D eigenvalue weighted by atomic mass is 79.9. The Morgan fingerprint density at radius 1 is 1.04 bits per heavy atom. The van der Waals surface area contributed by atoms with Crippen molar-refractivity contribution in [2.24, 2.45) is 5.10 Å². The summed E-state index contributed by atoms with van der Waals surface area (Å²) in [6.45, 7) is 0. The molecule has 2 aliphatic rings. The Balaban J connectivity index is 1.57. The first-order valence-electron chi connectivity index (χ1n) is 9.24. The number of benzene rings is 3. The molecule has 4 nitrogen and oxygen atoms in total. The molecule has 5 rings (SSSR count). The Morgan fingerprint density at radius 2 is 1.82 bits per heavy atom. The first kappa shape index (κ1) is 17.3. The van der Waals surface area contributed by atoms with Gasteiger partial charge in [-0.3, -0.25) is 0 Å². The molecule has 0 aliphatic carbocycles. The molecular formula is C23H19BrN2O2. The molecule has 0 spiro atoms. The predicted molar refractivity (Wildman–Crippen MR) is 113 cm³/mol. The van der Waals surface area contributed by atoms with Crippen LogP contribution in [0, 0.1) is 0 Å². The summed E-state index contributed by atoms with van der Waals surface area (Å²) in [6, 6.07) is 24.7. The fourth-order valence-corrected chi connectivity index (χ4v) is 4.23. The van der Waals surface area contributed by atoms with Crippen molar-refractivity contribution >= 4 is 21.6 Å². The lowest BCUT2D eigenvalue weighted by Crippen LogP contribution is -2.33. The maximum atomic E-state index is 6.39. The van der Waals surface area contributed by atoms with Gasteiger partial charge in [0.05, 0.1) is 18.9 Å². The summed E-state index contributed by atoms with van der Waals surface area (Å²) in [5.74, 6) is 1.77. The molecule has 0 saturated heterocycles. The Labute approximate surface area is 172 Å². The van der Waals surface area contributed by atoms with Gasteiger partial charge in [0.2, 0.25) is 6.23 Å². The van der Waals surface area contributed by atoms with Gasteiger partial charge < -0.3 is 9.47 Å². The highest BCUT2D eigenvalue weighted by Gasteiger charge is 2.40. The van der Waals surface area contributed by atoms with Crippen LogP contribution in [0.25, 0.3) is 0 Å². The number of halogens is 1. The third-order valence-corrected chi connectivity index (χ3v) is 5.75. The number of ether oxygens (including phenoxy) is 2. The Kier molecular flexibility index (Phi) is 4.32. The van der Waals surface area contributed by atoms with Gasteiger partial charge in [-0.25, -0.2) is 5.01 Å². The Morgan fingerprint density at radius 3 is 2.57 bits per heavy atom. The highest BCUT2D eigenvalue weighted by molar-refractivity contribution is 9.10. The van der Waals surface area contributed by atoms with E-state index in [0.29, 0.717) is 0 Å². The van der Waals surface area contributed by atoms with Crippen LogP contribution in [0.15, 0.2) is 82.4 Å². The van der Waals surface area contributed by atoms with Crippen LogP contribution in [0.3, 0.4) is 0 Å². The molecule has 5 heteroatoms. The molecule has 0 aromatic heterocycles. The van der Waals surface area contributed by atoms with Gasteiger partial charge in [-0.2, -0.15) is 5.10 Å². The van der Waals surface area contributed by atoms with Gasteiger partial charge in [0.15, 0.2) is 0 Å². The van der Waals surface area contributed by atoms with Crippen LogP contribution in [-0.2, 0) is 0 Å². The molecule has 0 N–H and O–H groups in total. The Hall–Kier alpha value is -2.79. The minimum atomic E-state index is -0.240. The molecule has 0 radical (unpaired) electrons. The topological polar surface area (TPSA) is 34.1 Å². The second kappa shape index (κ2) is 6.99. The molecule has 2 unspecified atom stereocenters. The number of rotatable bonds is 3. The summed E-state index contributed by atoms with van der Waals surface area (Å²) in [7, 11) is 1.68. The maximum absolute atomic E-state index is 6.39. The smallest absolute Gasteiger partial charge is 0.213 e. The van der Waals surface area contributed by atoms with E-state index in [1.807, 2.05) is 42.5 Å². The first-order valence-corrected chi connectivity index (χ1v) is 10.0. The molecule has 28 heavy (non-hydrogen) atoms. The zero-order valence-electron chi connectivity index (χ0n) is 15.4. The Bertz CT molecular complexity index is 1030. The van der Waals surface area contributed by atoms with E-state index >= 15 is 0 Å². The molecule has 3 aromatic rings. The standard InChI is InChI=1S/C23H19BrN2O2/c1-27-18-10-7-15(8-11-18)20-14-21-19-13-17(24)9-12-22(19)28-23(26(21)25-20)16-5-3-2-4-6-16/h2-13,21,23H,14H2,1H3. The third kappa shape index (κ3) is 2.96. The van der Waals surface area contributed by atoms with E-state index in [1.165, 1.54) is 0 Å². The predicted octanol–water partition coefficient (Wildman–Crippen LogP) is 5.70. The maximum Gasteiger partial charge on any atom is 0.213 e. The summed E-state index contributed by atoms with van der Waals surface area (Å²) < 4.78 is 12.7. The minimum absolute atomic E-state index is 0.142. The van der Waals surface area contributed by atoms with Gasteiger partial charge in [-0.05, 0) is 48.0 Å². The van der Waals surface area contributed by atoms with E-state index in [4.69, 9.17) is 14.6 Å².